The van der Waals surface area contributed by atoms with Gasteiger partial charge >= 0.3 is 0 Å². The molecular weight excluding hydrogens is 347 g/mol. The highest BCUT2D eigenvalue weighted by molar-refractivity contribution is 6.31. The van der Waals surface area contributed by atoms with E-state index >= 15 is 0 Å². The largest absolute Gasteiger partial charge is 1.00 e. The second-order valence-corrected chi connectivity index (χ2v) is 4.84. The molecule has 1 aromatic carbocycles. The van der Waals surface area contributed by atoms with Crippen molar-refractivity contribution in [2.75, 3.05) is 0 Å². The summed E-state index contributed by atoms with van der Waals surface area (Å²) in [5.74, 6) is 1.46. The molecule has 0 fully saturated rings. The van der Waals surface area contributed by atoms with Crippen molar-refractivity contribution < 1.29 is 28.5 Å². The van der Waals surface area contributed by atoms with Crippen LogP contribution in [0.4, 0.5) is 0 Å². The summed E-state index contributed by atoms with van der Waals surface area (Å²) < 4.78 is 4.86. The second-order valence-electron chi connectivity index (χ2n) is 4.40. The number of halogens is 2. The molecule has 0 bridgehead atoms. The SMILES string of the molecule is CC[n+]1c2n(c3cc(Cl)ccc31)CCCC2.[I-]. The van der Waals surface area contributed by atoms with Gasteiger partial charge in [-0.25, -0.2) is 9.13 Å². The highest BCUT2D eigenvalue weighted by Gasteiger charge is 2.26. The number of rotatable bonds is 1. The Morgan fingerprint density at radius 2 is 2.18 bits per heavy atom. The molecule has 0 amide bonds. The average Bonchev–Trinajstić information content (AvgIpc) is 2.62. The highest BCUT2D eigenvalue weighted by atomic mass is 127. The number of aromatic nitrogens is 2. The number of benzene rings is 1. The summed E-state index contributed by atoms with van der Waals surface area (Å²) >= 11 is 6.09. The minimum Gasteiger partial charge on any atom is -1.00 e. The van der Waals surface area contributed by atoms with Gasteiger partial charge in [-0.05, 0) is 31.9 Å². The molecule has 0 radical (unpaired) electrons. The molecule has 3 rings (SSSR count). The quantitative estimate of drug-likeness (QED) is 0.497. The molecule has 92 valence electrons. The van der Waals surface area contributed by atoms with E-state index in [-0.39, 0.29) is 24.0 Å². The zero-order valence-electron chi connectivity index (χ0n) is 9.92. The summed E-state index contributed by atoms with van der Waals surface area (Å²) in [6.45, 7) is 4.39. The molecule has 4 heteroatoms. The van der Waals surface area contributed by atoms with E-state index in [9.17, 15) is 0 Å². The van der Waals surface area contributed by atoms with Crippen molar-refractivity contribution in [3.05, 3.63) is 29.0 Å². The van der Waals surface area contributed by atoms with E-state index in [2.05, 4.69) is 28.2 Å². The molecule has 0 N–H and O–H groups in total. The van der Waals surface area contributed by atoms with Crippen LogP contribution in [-0.2, 0) is 19.5 Å². The fourth-order valence-corrected chi connectivity index (χ4v) is 2.96. The van der Waals surface area contributed by atoms with Gasteiger partial charge in [-0.2, -0.15) is 0 Å². The Kier molecular flexibility index (Phi) is 3.98. The van der Waals surface area contributed by atoms with E-state index in [4.69, 9.17) is 11.6 Å². The van der Waals surface area contributed by atoms with E-state index in [1.54, 1.807) is 0 Å². The Bertz CT molecular complexity index is 548. The van der Waals surface area contributed by atoms with E-state index in [1.165, 1.54) is 36.1 Å². The maximum Gasteiger partial charge on any atom is 0.257 e. The van der Waals surface area contributed by atoms with E-state index in [0.717, 1.165) is 18.1 Å². The van der Waals surface area contributed by atoms with Gasteiger partial charge in [0, 0.05) is 17.5 Å². The minimum atomic E-state index is 0. The van der Waals surface area contributed by atoms with Crippen molar-refractivity contribution in [3.63, 3.8) is 0 Å². The van der Waals surface area contributed by atoms with E-state index in [1.807, 2.05) is 6.07 Å². The molecule has 0 aliphatic carbocycles. The molecule has 0 saturated carbocycles. The van der Waals surface area contributed by atoms with Crippen molar-refractivity contribution in [1.82, 2.24) is 4.57 Å². The average molecular weight is 363 g/mol. The third-order valence-corrected chi connectivity index (χ3v) is 3.73. The molecule has 0 atom stereocenters. The van der Waals surface area contributed by atoms with Crippen LogP contribution >= 0.6 is 11.6 Å². The Morgan fingerprint density at radius 1 is 1.35 bits per heavy atom. The van der Waals surface area contributed by atoms with Crippen LogP contribution in [0.5, 0.6) is 0 Å². The Labute approximate surface area is 124 Å². The van der Waals surface area contributed by atoms with Crippen molar-refractivity contribution in [1.29, 1.82) is 0 Å². The predicted octanol–water partition coefficient (Wildman–Crippen LogP) is -0.0576. The summed E-state index contributed by atoms with van der Waals surface area (Å²) in [6.07, 6.45) is 3.79. The number of imidazole rings is 1. The van der Waals surface area contributed by atoms with Crippen LogP contribution in [0.3, 0.4) is 0 Å². The lowest BCUT2D eigenvalue weighted by Crippen LogP contribution is -3.00. The summed E-state index contributed by atoms with van der Waals surface area (Å²) in [6, 6.07) is 6.23. The third-order valence-electron chi connectivity index (χ3n) is 3.49. The van der Waals surface area contributed by atoms with Crippen LogP contribution in [0.2, 0.25) is 5.02 Å². The van der Waals surface area contributed by atoms with E-state index in [0.29, 0.717) is 0 Å². The molecule has 1 aliphatic rings. The summed E-state index contributed by atoms with van der Waals surface area (Å²) in [4.78, 5) is 0. The van der Waals surface area contributed by atoms with Crippen molar-refractivity contribution >= 4 is 22.6 Å². The van der Waals surface area contributed by atoms with Crippen LogP contribution in [-0.4, -0.2) is 4.57 Å². The van der Waals surface area contributed by atoms with Crippen LogP contribution in [0, 0.1) is 0 Å². The molecule has 2 heterocycles. The first kappa shape index (κ1) is 13.1. The molecule has 0 unspecified atom stereocenters. The lowest BCUT2D eigenvalue weighted by Gasteiger charge is -2.08. The Balaban J connectivity index is 0.00000108. The molecule has 17 heavy (non-hydrogen) atoms. The summed E-state index contributed by atoms with van der Waals surface area (Å²) in [7, 11) is 0. The predicted molar refractivity (Wildman–Crippen MR) is 65.8 cm³/mol. The first-order valence-electron chi connectivity index (χ1n) is 6.01. The first-order chi connectivity index (χ1) is 7.81. The zero-order chi connectivity index (χ0) is 11.1. The van der Waals surface area contributed by atoms with Crippen LogP contribution < -0.4 is 28.5 Å². The van der Waals surface area contributed by atoms with Gasteiger partial charge in [0.05, 0.1) is 13.1 Å². The monoisotopic (exact) mass is 362 g/mol. The highest BCUT2D eigenvalue weighted by Crippen LogP contribution is 2.23. The van der Waals surface area contributed by atoms with Crippen LogP contribution in [0.25, 0.3) is 11.0 Å². The maximum atomic E-state index is 6.09. The van der Waals surface area contributed by atoms with Crippen LogP contribution in [0.1, 0.15) is 25.6 Å². The van der Waals surface area contributed by atoms with Gasteiger partial charge < -0.3 is 24.0 Å². The smallest absolute Gasteiger partial charge is 0.257 e. The number of nitrogens with zero attached hydrogens (tertiary/aromatic N) is 2. The molecule has 1 aromatic heterocycles. The van der Waals surface area contributed by atoms with Gasteiger partial charge in [0.1, 0.15) is 0 Å². The lowest BCUT2D eigenvalue weighted by atomic mass is 10.1. The molecule has 0 saturated heterocycles. The zero-order valence-corrected chi connectivity index (χ0v) is 12.8. The number of aryl methyl sites for hydroxylation is 2. The fourth-order valence-electron chi connectivity index (χ4n) is 2.79. The van der Waals surface area contributed by atoms with Crippen molar-refractivity contribution in [2.45, 2.75) is 39.3 Å². The van der Waals surface area contributed by atoms with Gasteiger partial charge in [-0.15, -0.1) is 0 Å². The molecule has 2 nitrogen and oxygen atoms in total. The van der Waals surface area contributed by atoms with Crippen LogP contribution in [0.15, 0.2) is 18.2 Å². The van der Waals surface area contributed by atoms with Gasteiger partial charge in [0.2, 0.25) is 0 Å². The number of hydrogen-bond donors (Lipinski definition) is 0. The Morgan fingerprint density at radius 3 is 2.94 bits per heavy atom. The fraction of sp³-hybridized carbons (Fsp3) is 0.462. The van der Waals surface area contributed by atoms with Gasteiger partial charge in [0.25, 0.3) is 5.82 Å². The maximum absolute atomic E-state index is 6.09. The summed E-state index contributed by atoms with van der Waals surface area (Å²) in [5.41, 5.74) is 2.62. The summed E-state index contributed by atoms with van der Waals surface area (Å²) in [5, 5.41) is 0.835. The number of fused-ring (bicyclic) bond motifs is 3. The third kappa shape index (κ3) is 2.08. The van der Waals surface area contributed by atoms with Gasteiger partial charge in [0.15, 0.2) is 11.0 Å². The van der Waals surface area contributed by atoms with Crippen molar-refractivity contribution in [3.8, 4) is 0 Å². The molecular formula is C13H16ClIN2. The second kappa shape index (κ2) is 5.14. The molecule has 1 aliphatic heterocycles. The van der Waals surface area contributed by atoms with Gasteiger partial charge in [-0.3, -0.25) is 0 Å². The molecule has 2 aromatic rings. The number of hydrogen-bond acceptors (Lipinski definition) is 0. The topological polar surface area (TPSA) is 8.81 Å². The van der Waals surface area contributed by atoms with Crippen molar-refractivity contribution in [2.24, 2.45) is 0 Å². The normalized spacial score (nSPS) is 14.5. The van der Waals surface area contributed by atoms with E-state index < -0.39 is 0 Å². The Hall–Kier alpha value is -0.290. The lowest BCUT2D eigenvalue weighted by molar-refractivity contribution is -0.676. The standard InChI is InChI=1S/C13H16ClN2.HI/c1-2-15-11-7-6-10(14)9-12(11)16-8-4-3-5-13(15)16;/h6-7,9H,2-5,8H2,1H3;1H/q+1;/p-1. The minimum absolute atomic E-state index is 0. The molecule has 0 spiro atoms. The van der Waals surface area contributed by atoms with Gasteiger partial charge in [-0.1, -0.05) is 11.6 Å². The first-order valence-corrected chi connectivity index (χ1v) is 6.39.